The lowest BCUT2D eigenvalue weighted by molar-refractivity contribution is -0.141. The van der Waals surface area contributed by atoms with E-state index in [1.54, 1.807) is 13.1 Å². The first kappa shape index (κ1) is 13.1. The Morgan fingerprint density at radius 3 is 2.67 bits per heavy atom. The van der Waals surface area contributed by atoms with E-state index in [0.29, 0.717) is 5.69 Å². The minimum absolute atomic E-state index is 0.0420. The first-order chi connectivity index (χ1) is 8.34. The van der Waals surface area contributed by atoms with E-state index < -0.39 is 21.0 Å². The Kier molecular flexibility index (Phi) is 3.21. The van der Waals surface area contributed by atoms with Crippen molar-refractivity contribution in [2.75, 3.05) is 12.4 Å². The normalized spacial score (nSPS) is 11.8. The lowest BCUT2D eigenvalue weighted by atomic mass is 10.3. The number of anilines is 1. The van der Waals surface area contributed by atoms with Crippen molar-refractivity contribution in [1.82, 2.24) is 9.38 Å². The summed E-state index contributed by atoms with van der Waals surface area (Å²) in [6.45, 7) is 0. The molecule has 0 aliphatic carbocycles. The van der Waals surface area contributed by atoms with Crippen molar-refractivity contribution in [1.29, 1.82) is 0 Å². The Balaban J connectivity index is 2.84. The second-order valence-corrected chi connectivity index (χ2v) is 4.55. The number of halogens is 4. The summed E-state index contributed by atoms with van der Waals surface area (Å²) in [7, 11) is 1.63. The molecule has 0 bridgehead atoms. The van der Waals surface area contributed by atoms with Crippen molar-refractivity contribution in [3.05, 3.63) is 37.9 Å². The van der Waals surface area contributed by atoms with Crippen molar-refractivity contribution in [2.24, 2.45) is 0 Å². The molecule has 1 N–H and O–H groups in total. The first-order valence-corrected chi connectivity index (χ1v) is 5.89. The Hall–Kier alpha value is -1.32. The second-order valence-electron chi connectivity index (χ2n) is 3.47. The van der Waals surface area contributed by atoms with Crippen LogP contribution in [0, 0.1) is 3.57 Å². The van der Waals surface area contributed by atoms with Crippen LogP contribution in [0.4, 0.5) is 18.9 Å². The number of rotatable bonds is 1. The molecular formula is C10H7F3IN3O. The van der Waals surface area contributed by atoms with E-state index in [4.69, 9.17) is 0 Å². The minimum Gasteiger partial charge on any atom is -0.388 e. The molecule has 0 fully saturated rings. The third-order valence-electron chi connectivity index (χ3n) is 2.33. The smallest absolute Gasteiger partial charge is 0.388 e. The van der Waals surface area contributed by atoms with Crippen LogP contribution in [0.25, 0.3) is 5.65 Å². The highest BCUT2D eigenvalue weighted by atomic mass is 127. The molecule has 0 aliphatic rings. The van der Waals surface area contributed by atoms with E-state index in [1.165, 1.54) is 34.9 Å². The van der Waals surface area contributed by atoms with Gasteiger partial charge in [-0.05, 0) is 28.7 Å². The molecule has 96 valence electrons. The van der Waals surface area contributed by atoms with E-state index in [1.807, 2.05) is 0 Å². The van der Waals surface area contributed by atoms with Crippen molar-refractivity contribution in [3.63, 3.8) is 0 Å². The van der Waals surface area contributed by atoms with Gasteiger partial charge >= 0.3 is 6.18 Å². The molecule has 2 aromatic rings. The van der Waals surface area contributed by atoms with Gasteiger partial charge in [0.2, 0.25) is 0 Å². The maximum absolute atomic E-state index is 12.7. The second kappa shape index (κ2) is 4.41. The van der Waals surface area contributed by atoms with E-state index in [9.17, 15) is 18.0 Å². The molecule has 0 spiro atoms. The lowest BCUT2D eigenvalue weighted by Gasteiger charge is -2.10. The fourth-order valence-corrected chi connectivity index (χ4v) is 2.15. The number of alkyl halides is 3. The zero-order valence-corrected chi connectivity index (χ0v) is 11.2. The van der Waals surface area contributed by atoms with Crippen molar-refractivity contribution < 1.29 is 13.2 Å². The van der Waals surface area contributed by atoms with Gasteiger partial charge in [-0.15, -0.1) is 0 Å². The third-order valence-corrected chi connectivity index (χ3v) is 3.30. The van der Waals surface area contributed by atoms with Gasteiger partial charge in [0, 0.05) is 25.0 Å². The predicted molar refractivity (Wildman–Crippen MR) is 68.7 cm³/mol. The number of fused-ring (bicyclic) bond motifs is 1. The van der Waals surface area contributed by atoms with Gasteiger partial charge in [-0.2, -0.15) is 13.2 Å². The summed E-state index contributed by atoms with van der Waals surface area (Å²) in [6.07, 6.45) is -3.25. The molecule has 0 saturated carbocycles. The summed E-state index contributed by atoms with van der Waals surface area (Å²) in [5.41, 5.74) is -1.34. The van der Waals surface area contributed by atoms with Crippen LogP contribution in [0.5, 0.6) is 0 Å². The third kappa shape index (κ3) is 2.16. The first-order valence-electron chi connectivity index (χ1n) is 4.81. The van der Waals surface area contributed by atoms with Gasteiger partial charge in [0.05, 0.1) is 0 Å². The summed E-state index contributed by atoms with van der Waals surface area (Å²) in [6, 6.07) is 2.96. The van der Waals surface area contributed by atoms with Crippen LogP contribution >= 0.6 is 22.6 Å². The van der Waals surface area contributed by atoms with Crippen LogP contribution in [0.2, 0.25) is 0 Å². The molecule has 0 atom stereocenters. The van der Waals surface area contributed by atoms with E-state index in [0.717, 1.165) is 4.40 Å². The van der Waals surface area contributed by atoms with Gasteiger partial charge in [-0.1, -0.05) is 0 Å². The Morgan fingerprint density at radius 2 is 2.11 bits per heavy atom. The van der Waals surface area contributed by atoms with Crippen molar-refractivity contribution >= 4 is 33.9 Å². The zero-order chi connectivity index (χ0) is 13.5. The molecule has 2 rings (SSSR count). The highest BCUT2D eigenvalue weighted by Crippen LogP contribution is 2.30. The maximum atomic E-state index is 12.7. The number of aromatic nitrogens is 2. The van der Waals surface area contributed by atoms with Crippen LogP contribution in [0.15, 0.2) is 23.1 Å². The minimum atomic E-state index is -4.64. The molecule has 0 aliphatic heterocycles. The molecule has 4 nitrogen and oxygen atoms in total. The van der Waals surface area contributed by atoms with E-state index in [-0.39, 0.29) is 5.65 Å². The summed E-state index contributed by atoms with van der Waals surface area (Å²) in [4.78, 5) is 15.3. The highest BCUT2D eigenvalue weighted by molar-refractivity contribution is 14.1. The molecule has 2 heterocycles. The van der Waals surface area contributed by atoms with Gasteiger partial charge in [-0.25, -0.2) is 4.98 Å². The van der Waals surface area contributed by atoms with E-state index in [2.05, 4.69) is 10.3 Å². The van der Waals surface area contributed by atoms with Gasteiger partial charge in [0.25, 0.3) is 5.56 Å². The molecule has 18 heavy (non-hydrogen) atoms. The molecule has 2 aromatic heterocycles. The van der Waals surface area contributed by atoms with Crippen molar-refractivity contribution in [2.45, 2.75) is 6.18 Å². The topological polar surface area (TPSA) is 46.4 Å². The SMILES string of the molecule is CNc1ccn2c(=O)c(I)c(C(F)(F)F)nc2c1. The fourth-order valence-electron chi connectivity index (χ4n) is 1.46. The van der Waals surface area contributed by atoms with Crippen molar-refractivity contribution in [3.8, 4) is 0 Å². The summed E-state index contributed by atoms with van der Waals surface area (Å²) < 4.78 is 38.8. The number of nitrogens with one attached hydrogen (secondary N) is 1. The largest absolute Gasteiger partial charge is 0.434 e. The molecule has 8 heteroatoms. The lowest BCUT2D eigenvalue weighted by Crippen LogP contribution is -2.24. The quantitative estimate of drug-likeness (QED) is 0.786. The van der Waals surface area contributed by atoms with Crippen LogP contribution in [-0.4, -0.2) is 16.4 Å². The molecule has 0 aromatic carbocycles. The van der Waals surface area contributed by atoms with Crippen LogP contribution in [0.3, 0.4) is 0 Å². The number of nitrogens with zero attached hydrogens (tertiary/aromatic N) is 2. The number of hydrogen-bond donors (Lipinski definition) is 1. The van der Waals surface area contributed by atoms with Crippen LogP contribution in [0.1, 0.15) is 5.69 Å². The standard InChI is InChI=1S/C10H7F3IN3O/c1-15-5-2-3-17-6(4-5)16-8(10(11,12)13)7(14)9(17)18/h2-4,15H,1H3. The average molecular weight is 369 g/mol. The molecule has 0 radical (unpaired) electrons. The maximum Gasteiger partial charge on any atom is 0.434 e. The molecule has 0 amide bonds. The van der Waals surface area contributed by atoms with Gasteiger partial charge in [0.1, 0.15) is 9.22 Å². The summed E-state index contributed by atoms with van der Waals surface area (Å²) in [5, 5.41) is 2.77. The van der Waals surface area contributed by atoms with Gasteiger partial charge in [0.15, 0.2) is 5.69 Å². The summed E-state index contributed by atoms with van der Waals surface area (Å²) >= 11 is 1.36. The van der Waals surface area contributed by atoms with Crippen LogP contribution in [-0.2, 0) is 6.18 Å². The van der Waals surface area contributed by atoms with Gasteiger partial charge < -0.3 is 5.32 Å². The number of pyridine rings is 1. The summed E-state index contributed by atoms with van der Waals surface area (Å²) in [5.74, 6) is 0. The highest BCUT2D eigenvalue weighted by Gasteiger charge is 2.36. The fraction of sp³-hybridized carbons (Fsp3) is 0.200. The Morgan fingerprint density at radius 1 is 1.44 bits per heavy atom. The Bertz CT molecular complexity index is 666. The van der Waals surface area contributed by atoms with Gasteiger partial charge in [-0.3, -0.25) is 9.20 Å². The van der Waals surface area contributed by atoms with E-state index >= 15 is 0 Å². The monoisotopic (exact) mass is 369 g/mol. The Labute approximate surface area is 113 Å². The molecule has 0 unspecified atom stereocenters. The average Bonchev–Trinajstić information content (AvgIpc) is 2.31. The predicted octanol–water partition coefficient (Wildman–Crippen LogP) is 2.36. The molecular weight excluding hydrogens is 362 g/mol. The zero-order valence-electron chi connectivity index (χ0n) is 9.05. The van der Waals surface area contributed by atoms with Crippen LogP contribution < -0.4 is 10.9 Å². The molecule has 0 saturated heterocycles. The number of hydrogen-bond acceptors (Lipinski definition) is 3.